The van der Waals surface area contributed by atoms with Crippen LogP contribution in [0.25, 0.3) is 10.9 Å². The molecule has 1 amide bonds. The summed E-state index contributed by atoms with van der Waals surface area (Å²) >= 11 is 6.30. The first-order chi connectivity index (χ1) is 10.1. The van der Waals surface area contributed by atoms with E-state index in [1.54, 1.807) is 6.07 Å². The van der Waals surface area contributed by atoms with E-state index in [1.165, 1.54) is 0 Å². The number of aromatic nitrogens is 1. The molecule has 1 aromatic heterocycles. The van der Waals surface area contributed by atoms with E-state index in [0.717, 1.165) is 30.3 Å². The van der Waals surface area contributed by atoms with Crippen LogP contribution in [-0.4, -0.2) is 28.4 Å². The molecule has 1 aliphatic rings. The second-order valence-corrected chi connectivity index (χ2v) is 6.50. The van der Waals surface area contributed by atoms with E-state index in [1.807, 2.05) is 29.2 Å². The first-order valence-electron chi connectivity index (χ1n) is 7.42. The Labute approximate surface area is 129 Å². The first kappa shape index (κ1) is 14.3. The van der Waals surface area contributed by atoms with Crippen LogP contribution in [0.2, 0.25) is 5.02 Å². The van der Waals surface area contributed by atoms with Gasteiger partial charge in [0.2, 0.25) is 0 Å². The summed E-state index contributed by atoms with van der Waals surface area (Å²) < 4.78 is 0. The summed E-state index contributed by atoms with van der Waals surface area (Å²) in [5.74, 6) is 0.448. The van der Waals surface area contributed by atoms with E-state index < -0.39 is 0 Å². The summed E-state index contributed by atoms with van der Waals surface area (Å²) in [7, 11) is 0. The summed E-state index contributed by atoms with van der Waals surface area (Å²) in [5, 5.41) is 1.47. The van der Waals surface area contributed by atoms with Gasteiger partial charge in [-0.1, -0.05) is 43.6 Å². The molecule has 3 rings (SSSR count). The summed E-state index contributed by atoms with van der Waals surface area (Å²) in [5.41, 5.74) is 1.22. The number of fused-ring (bicyclic) bond motifs is 1. The molecular formula is C17H19ClN2O. The van der Waals surface area contributed by atoms with Gasteiger partial charge in [0.15, 0.2) is 0 Å². The number of para-hydroxylation sites is 1. The van der Waals surface area contributed by atoms with Gasteiger partial charge in [0.25, 0.3) is 5.91 Å². The SMILES string of the molecule is CC(C)CN(C(=O)c1cc(Cl)c2ccccc2n1)C1CC1. The molecule has 0 unspecified atom stereocenters. The second-order valence-electron chi connectivity index (χ2n) is 6.09. The summed E-state index contributed by atoms with van der Waals surface area (Å²) in [4.78, 5) is 19.2. The van der Waals surface area contributed by atoms with Crippen molar-refractivity contribution in [2.45, 2.75) is 32.7 Å². The third kappa shape index (κ3) is 3.03. The number of halogens is 1. The molecule has 110 valence electrons. The molecule has 0 aliphatic heterocycles. The predicted octanol–water partition coefficient (Wildman–Crippen LogP) is 4.15. The van der Waals surface area contributed by atoms with Crippen LogP contribution >= 0.6 is 11.6 Å². The Morgan fingerprint density at radius 3 is 2.76 bits per heavy atom. The van der Waals surface area contributed by atoms with Crippen molar-refractivity contribution in [1.29, 1.82) is 0 Å². The Balaban J connectivity index is 1.96. The van der Waals surface area contributed by atoms with Crippen LogP contribution in [0.15, 0.2) is 30.3 Å². The van der Waals surface area contributed by atoms with Gasteiger partial charge < -0.3 is 4.90 Å². The van der Waals surface area contributed by atoms with Crippen molar-refractivity contribution >= 4 is 28.4 Å². The Morgan fingerprint density at radius 2 is 2.10 bits per heavy atom. The number of rotatable bonds is 4. The van der Waals surface area contributed by atoms with Crippen LogP contribution in [0, 0.1) is 5.92 Å². The third-order valence-corrected chi connectivity index (χ3v) is 4.01. The first-order valence-corrected chi connectivity index (χ1v) is 7.80. The van der Waals surface area contributed by atoms with Crippen LogP contribution in [0.3, 0.4) is 0 Å². The lowest BCUT2D eigenvalue weighted by Crippen LogP contribution is -2.36. The molecule has 1 fully saturated rings. The average Bonchev–Trinajstić information content (AvgIpc) is 3.28. The molecule has 0 bridgehead atoms. The number of benzene rings is 1. The molecule has 0 radical (unpaired) electrons. The van der Waals surface area contributed by atoms with Crippen molar-refractivity contribution in [3.8, 4) is 0 Å². The van der Waals surface area contributed by atoms with Crippen molar-refractivity contribution < 1.29 is 4.79 Å². The molecule has 1 aliphatic carbocycles. The molecule has 21 heavy (non-hydrogen) atoms. The second kappa shape index (κ2) is 5.64. The molecule has 1 saturated carbocycles. The quantitative estimate of drug-likeness (QED) is 0.850. The predicted molar refractivity (Wildman–Crippen MR) is 85.6 cm³/mol. The molecule has 2 aromatic rings. The van der Waals surface area contributed by atoms with Gasteiger partial charge in [0.1, 0.15) is 5.69 Å². The molecule has 3 nitrogen and oxygen atoms in total. The van der Waals surface area contributed by atoms with E-state index in [9.17, 15) is 4.79 Å². The normalized spacial score (nSPS) is 14.7. The maximum absolute atomic E-state index is 12.8. The van der Waals surface area contributed by atoms with E-state index in [-0.39, 0.29) is 5.91 Å². The van der Waals surface area contributed by atoms with Crippen molar-refractivity contribution in [3.63, 3.8) is 0 Å². The minimum absolute atomic E-state index is 0.00106. The van der Waals surface area contributed by atoms with Gasteiger partial charge in [-0.25, -0.2) is 4.98 Å². The number of amides is 1. The highest BCUT2D eigenvalue weighted by molar-refractivity contribution is 6.35. The summed E-state index contributed by atoms with van der Waals surface area (Å²) in [6.45, 7) is 5.03. The Kier molecular flexibility index (Phi) is 3.85. The summed E-state index contributed by atoms with van der Waals surface area (Å²) in [6.07, 6.45) is 2.19. The molecule has 0 N–H and O–H groups in total. The zero-order chi connectivity index (χ0) is 15.0. The lowest BCUT2D eigenvalue weighted by molar-refractivity contribution is 0.0717. The number of carbonyl (C=O) groups is 1. The van der Waals surface area contributed by atoms with Crippen LogP contribution < -0.4 is 0 Å². The highest BCUT2D eigenvalue weighted by Gasteiger charge is 2.34. The van der Waals surface area contributed by atoms with Gasteiger partial charge in [-0.3, -0.25) is 4.79 Å². The zero-order valence-corrected chi connectivity index (χ0v) is 13.1. The molecule has 0 atom stereocenters. The molecule has 4 heteroatoms. The van der Waals surface area contributed by atoms with Gasteiger partial charge in [-0.15, -0.1) is 0 Å². The van der Waals surface area contributed by atoms with E-state index >= 15 is 0 Å². The monoisotopic (exact) mass is 302 g/mol. The van der Waals surface area contributed by atoms with Crippen LogP contribution in [0.1, 0.15) is 37.2 Å². The lowest BCUT2D eigenvalue weighted by atomic mass is 10.1. The molecule has 1 aromatic carbocycles. The zero-order valence-electron chi connectivity index (χ0n) is 12.3. The van der Waals surface area contributed by atoms with Crippen molar-refractivity contribution in [2.24, 2.45) is 5.92 Å². The van der Waals surface area contributed by atoms with Gasteiger partial charge >= 0.3 is 0 Å². The highest BCUT2D eigenvalue weighted by atomic mass is 35.5. The molecule has 1 heterocycles. The largest absolute Gasteiger partial charge is 0.334 e. The van der Waals surface area contributed by atoms with Gasteiger partial charge in [-0.2, -0.15) is 0 Å². The number of carbonyl (C=O) groups excluding carboxylic acids is 1. The van der Waals surface area contributed by atoms with Crippen LogP contribution in [-0.2, 0) is 0 Å². The Bertz CT molecular complexity index is 680. The van der Waals surface area contributed by atoms with Gasteiger partial charge in [0, 0.05) is 18.0 Å². The Morgan fingerprint density at radius 1 is 1.38 bits per heavy atom. The van der Waals surface area contributed by atoms with Crippen molar-refractivity contribution in [1.82, 2.24) is 9.88 Å². The minimum Gasteiger partial charge on any atom is -0.334 e. The maximum Gasteiger partial charge on any atom is 0.272 e. The fourth-order valence-corrected chi connectivity index (χ4v) is 2.83. The maximum atomic E-state index is 12.8. The van der Waals surface area contributed by atoms with E-state index in [0.29, 0.717) is 22.7 Å². The van der Waals surface area contributed by atoms with Gasteiger partial charge in [-0.05, 0) is 30.9 Å². The molecular weight excluding hydrogens is 284 g/mol. The number of pyridine rings is 1. The van der Waals surface area contributed by atoms with Crippen molar-refractivity contribution in [2.75, 3.05) is 6.54 Å². The molecule has 0 spiro atoms. The van der Waals surface area contributed by atoms with E-state index in [4.69, 9.17) is 11.6 Å². The van der Waals surface area contributed by atoms with Crippen LogP contribution in [0.5, 0.6) is 0 Å². The van der Waals surface area contributed by atoms with Gasteiger partial charge in [0.05, 0.1) is 10.5 Å². The fourth-order valence-electron chi connectivity index (χ4n) is 2.57. The highest BCUT2D eigenvalue weighted by Crippen LogP contribution is 2.30. The van der Waals surface area contributed by atoms with E-state index in [2.05, 4.69) is 18.8 Å². The third-order valence-electron chi connectivity index (χ3n) is 3.70. The molecule has 0 saturated heterocycles. The number of hydrogen-bond donors (Lipinski definition) is 0. The topological polar surface area (TPSA) is 33.2 Å². The Hall–Kier alpha value is -1.61. The standard InChI is InChI=1S/C17H19ClN2O/c1-11(2)10-20(12-7-8-12)17(21)16-9-14(18)13-5-3-4-6-15(13)19-16/h3-6,9,11-12H,7-8,10H2,1-2H3. The number of hydrogen-bond acceptors (Lipinski definition) is 2. The van der Waals surface area contributed by atoms with Crippen molar-refractivity contribution in [3.05, 3.63) is 41.0 Å². The number of nitrogens with zero attached hydrogens (tertiary/aromatic N) is 2. The lowest BCUT2D eigenvalue weighted by Gasteiger charge is -2.24. The summed E-state index contributed by atoms with van der Waals surface area (Å²) in [6, 6.07) is 9.72. The van der Waals surface area contributed by atoms with Crippen LogP contribution in [0.4, 0.5) is 0 Å². The fraction of sp³-hybridized carbons (Fsp3) is 0.412. The smallest absolute Gasteiger partial charge is 0.272 e. The average molecular weight is 303 g/mol. The minimum atomic E-state index is -0.00106.